The van der Waals surface area contributed by atoms with Crippen LogP contribution in [0.2, 0.25) is 0 Å². The Kier molecular flexibility index (Phi) is 5.06. The van der Waals surface area contributed by atoms with Crippen molar-refractivity contribution in [3.63, 3.8) is 0 Å². The first-order valence-electron chi connectivity index (χ1n) is 8.66. The molecule has 1 aromatic heterocycles. The van der Waals surface area contributed by atoms with Crippen LogP contribution in [-0.2, 0) is 9.53 Å². The van der Waals surface area contributed by atoms with Crippen LogP contribution in [-0.4, -0.2) is 41.7 Å². The molecule has 1 fully saturated rings. The first-order chi connectivity index (χ1) is 12.4. The van der Waals surface area contributed by atoms with Gasteiger partial charge in [0, 0.05) is 24.7 Å². The van der Waals surface area contributed by atoms with E-state index in [1.807, 2.05) is 4.90 Å². The summed E-state index contributed by atoms with van der Waals surface area (Å²) in [6, 6.07) is 2.73. The van der Waals surface area contributed by atoms with E-state index in [1.165, 1.54) is 18.3 Å². The zero-order chi connectivity index (χ0) is 18.8. The number of rotatable bonds is 4. The molecule has 3 rings (SSSR count). The number of piperidine rings is 1. The van der Waals surface area contributed by atoms with Gasteiger partial charge in [-0.15, -0.1) is 0 Å². The number of carbonyl (C=O) groups excluding carboxylic acids is 1. The molecule has 1 saturated heterocycles. The zero-order valence-corrected chi connectivity index (χ0v) is 14.8. The summed E-state index contributed by atoms with van der Waals surface area (Å²) in [7, 11) is 0. The standard InChI is InChI=1S/C19H21FN2O4/c1-3-26-19(25)15-9-21-16-11(2)7-13(20)8-14(16)17(15)22-6-4-5-12(10-22)18(23)24/h7-9,12H,3-6,10H2,1-2H3,(H,23,24). The van der Waals surface area contributed by atoms with Gasteiger partial charge in [0.05, 0.1) is 23.7 Å². The molecule has 1 aliphatic heterocycles. The summed E-state index contributed by atoms with van der Waals surface area (Å²) < 4.78 is 19.2. The third-order valence-electron chi connectivity index (χ3n) is 4.68. The molecule has 0 aliphatic carbocycles. The molecule has 1 unspecified atom stereocenters. The molecule has 1 atom stereocenters. The average Bonchev–Trinajstić information content (AvgIpc) is 2.60. The predicted octanol–water partition coefficient (Wildman–Crippen LogP) is 3.16. The molecule has 26 heavy (non-hydrogen) atoms. The quantitative estimate of drug-likeness (QED) is 0.844. The lowest BCUT2D eigenvalue weighted by atomic mass is 9.96. The molecule has 138 valence electrons. The molecule has 1 N–H and O–H groups in total. The van der Waals surface area contributed by atoms with E-state index in [2.05, 4.69) is 4.98 Å². The fraction of sp³-hybridized carbons (Fsp3) is 0.421. The van der Waals surface area contributed by atoms with Gasteiger partial charge in [0.1, 0.15) is 11.4 Å². The number of aromatic nitrogens is 1. The first-order valence-corrected chi connectivity index (χ1v) is 8.66. The number of anilines is 1. The number of aryl methyl sites for hydroxylation is 1. The molecule has 0 amide bonds. The number of fused-ring (bicyclic) bond motifs is 1. The highest BCUT2D eigenvalue weighted by Crippen LogP contribution is 2.35. The van der Waals surface area contributed by atoms with Crippen LogP contribution in [0.3, 0.4) is 0 Å². The molecule has 2 aromatic rings. The number of nitrogens with zero attached hydrogens (tertiary/aromatic N) is 2. The molecule has 1 aliphatic rings. The number of carbonyl (C=O) groups is 2. The van der Waals surface area contributed by atoms with Crippen molar-refractivity contribution in [2.75, 3.05) is 24.6 Å². The van der Waals surface area contributed by atoms with Crippen molar-refractivity contribution < 1.29 is 23.8 Å². The molecule has 0 bridgehead atoms. The fourth-order valence-electron chi connectivity index (χ4n) is 3.50. The summed E-state index contributed by atoms with van der Waals surface area (Å²) in [5.74, 6) is -2.37. The summed E-state index contributed by atoms with van der Waals surface area (Å²) in [5.41, 5.74) is 1.98. The third-order valence-corrected chi connectivity index (χ3v) is 4.68. The number of carboxylic acids is 1. The van der Waals surface area contributed by atoms with E-state index >= 15 is 0 Å². The van der Waals surface area contributed by atoms with Gasteiger partial charge in [-0.25, -0.2) is 9.18 Å². The summed E-state index contributed by atoms with van der Waals surface area (Å²) in [6.45, 7) is 4.51. The van der Waals surface area contributed by atoms with Crippen molar-refractivity contribution in [3.8, 4) is 0 Å². The minimum Gasteiger partial charge on any atom is -0.481 e. The fourth-order valence-corrected chi connectivity index (χ4v) is 3.50. The van der Waals surface area contributed by atoms with Crippen LogP contribution in [0, 0.1) is 18.7 Å². The second-order valence-electron chi connectivity index (χ2n) is 6.48. The summed E-state index contributed by atoms with van der Waals surface area (Å²) in [5, 5.41) is 9.88. The number of ether oxygens (including phenoxy) is 1. The Morgan fingerprint density at radius 1 is 1.42 bits per heavy atom. The molecule has 6 nitrogen and oxygen atoms in total. The van der Waals surface area contributed by atoms with Gasteiger partial charge in [0.15, 0.2) is 0 Å². The van der Waals surface area contributed by atoms with Gasteiger partial charge in [-0.1, -0.05) is 0 Å². The van der Waals surface area contributed by atoms with Gasteiger partial charge in [0.2, 0.25) is 0 Å². The van der Waals surface area contributed by atoms with Crippen molar-refractivity contribution in [2.24, 2.45) is 5.92 Å². The highest BCUT2D eigenvalue weighted by atomic mass is 19.1. The molecule has 1 aromatic carbocycles. The van der Waals surface area contributed by atoms with Crippen molar-refractivity contribution in [2.45, 2.75) is 26.7 Å². The lowest BCUT2D eigenvalue weighted by molar-refractivity contribution is -0.141. The van der Waals surface area contributed by atoms with Crippen molar-refractivity contribution in [3.05, 3.63) is 35.3 Å². The number of esters is 1. The maximum Gasteiger partial charge on any atom is 0.341 e. The van der Waals surface area contributed by atoms with Crippen molar-refractivity contribution in [1.29, 1.82) is 0 Å². The summed E-state index contributed by atoms with van der Waals surface area (Å²) in [4.78, 5) is 30.0. The second kappa shape index (κ2) is 7.27. The van der Waals surface area contributed by atoms with Gasteiger partial charge < -0.3 is 14.7 Å². The summed E-state index contributed by atoms with van der Waals surface area (Å²) in [6.07, 6.45) is 2.69. The second-order valence-corrected chi connectivity index (χ2v) is 6.48. The van der Waals surface area contributed by atoms with Crippen molar-refractivity contribution >= 4 is 28.5 Å². The van der Waals surface area contributed by atoms with E-state index in [1.54, 1.807) is 13.8 Å². The molecular weight excluding hydrogens is 339 g/mol. The van der Waals surface area contributed by atoms with E-state index in [9.17, 15) is 19.1 Å². The molecule has 7 heteroatoms. The maximum atomic E-state index is 14.1. The van der Waals surface area contributed by atoms with E-state index in [4.69, 9.17) is 4.74 Å². The van der Waals surface area contributed by atoms with E-state index in [-0.39, 0.29) is 18.7 Å². The Balaban J connectivity index is 2.20. The Morgan fingerprint density at radius 3 is 2.88 bits per heavy atom. The number of aliphatic carboxylic acids is 1. The SMILES string of the molecule is CCOC(=O)c1cnc2c(C)cc(F)cc2c1N1CCCC(C(=O)O)C1. The van der Waals surface area contributed by atoms with Gasteiger partial charge in [-0.3, -0.25) is 9.78 Å². The average molecular weight is 360 g/mol. The predicted molar refractivity (Wildman–Crippen MR) is 95.0 cm³/mol. The van der Waals surface area contributed by atoms with Crippen LogP contribution >= 0.6 is 0 Å². The largest absolute Gasteiger partial charge is 0.481 e. The van der Waals surface area contributed by atoms with E-state index in [0.29, 0.717) is 41.5 Å². The maximum absolute atomic E-state index is 14.1. The number of halogens is 1. The van der Waals surface area contributed by atoms with Crippen LogP contribution in [0.4, 0.5) is 10.1 Å². The topological polar surface area (TPSA) is 79.7 Å². The van der Waals surface area contributed by atoms with E-state index in [0.717, 1.165) is 0 Å². The smallest absolute Gasteiger partial charge is 0.341 e. The Morgan fingerprint density at radius 2 is 2.19 bits per heavy atom. The van der Waals surface area contributed by atoms with Crippen LogP contribution in [0.1, 0.15) is 35.7 Å². The van der Waals surface area contributed by atoms with Crippen LogP contribution in [0.15, 0.2) is 18.3 Å². The Bertz CT molecular complexity index is 868. The minimum atomic E-state index is -0.867. The highest BCUT2D eigenvalue weighted by Gasteiger charge is 2.30. The lowest BCUT2D eigenvalue weighted by Crippen LogP contribution is -2.39. The number of hydrogen-bond donors (Lipinski definition) is 1. The normalized spacial score (nSPS) is 17.3. The van der Waals surface area contributed by atoms with Crippen LogP contribution in [0.25, 0.3) is 10.9 Å². The van der Waals surface area contributed by atoms with Gasteiger partial charge >= 0.3 is 11.9 Å². The molecule has 0 saturated carbocycles. The minimum absolute atomic E-state index is 0.205. The first kappa shape index (κ1) is 18.1. The molecular formula is C19H21FN2O4. The highest BCUT2D eigenvalue weighted by molar-refractivity contribution is 6.06. The Labute approximate surface area is 150 Å². The molecule has 0 spiro atoms. The molecule has 0 radical (unpaired) electrons. The Hall–Kier alpha value is -2.70. The van der Waals surface area contributed by atoms with E-state index < -0.39 is 23.7 Å². The van der Waals surface area contributed by atoms with Gasteiger partial charge in [-0.05, 0) is 44.4 Å². The summed E-state index contributed by atoms with van der Waals surface area (Å²) >= 11 is 0. The van der Waals surface area contributed by atoms with Gasteiger partial charge in [0.25, 0.3) is 0 Å². The number of pyridine rings is 1. The molecule has 2 heterocycles. The third kappa shape index (κ3) is 3.34. The van der Waals surface area contributed by atoms with Gasteiger partial charge in [-0.2, -0.15) is 0 Å². The number of benzene rings is 1. The zero-order valence-electron chi connectivity index (χ0n) is 14.8. The lowest BCUT2D eigenvalue weighted by Gasteiger charge is -2.34. The van der Waals surface area contributed by atoms with Crippen LogP contribution in [0.5, 0.6) is 0 Å². The van der Waals surface area contributed by atoms with Crippen molar-refractivity contribution in [1.82, 2.24) is 4.98 Å². The number of hydrogen-bond acceptors (Lipinski definition) is 5. The number of carboxylic acid groups (broad SMARTS) is 1. The van der Waals surface area contributed by atoms with Crippen LogP contribution < -0.4 is 4.90 Å². The monoisotopic (exact) mass is 360 g/mol.